The zero-order valence-electron chi connectivity index (χ0n) is 11.3. The van der Waals surface area contributed by atoms with Crippen LogP contribution >= 0.6 is 0 Å². The topological polar surface area (TPSA) is 46.2 Å². The first-order valence-electron chi connectivity index (χ1n) is 6.06. The lowest BCUT2D eigenvalue weighted by molar-refractivity contribution is -0.137. The Morgan fingerprint density at radius 1 is 1.00 bits per heavy atom. The Morgan fingerprint density at radius 3 is 2.09 bits per heavy atom. The van der Waals surface area contributed by atoms with Crippen molar-refractivity contribution in [2.24, 2.45) is 0 Å². The number of sulfonamides is 1. The van der Waals surface area contributed by atoms with Gasteiger partial charge in [0.05, 0.1) is 10.5 Å². The van der Waals surface area contributed by atoms with Gasteiger partial charge in [0, 0.05) is 5.69 Å². The highest BCUT2D eigenvalue weighted by Crippen LogP contribution is 2.30. The Labute approximate surface area is 124 Å². The van der Waals surface area contributed by atoms with Crippen LogP contribution in [-0.4, -0.2) is 8.42 Å². The summed E-state index contributed by atoms with van der Waals surface area (Å²) in [5.41, 5.74) is -0.653. The van der Waals surface area contributed by atoms with Gasteiger partial charge in [-0.3, -0.25) is 4.72 Å². The first-order valence-corrected chi connectivity index (χ1v) is 7.54. The van der Waals surface area contributed by atoms with E-state index in [1.54, 1.807) is 0 Å². The summed E-state index contributed by atoms with van der Waals surface area (Å²) in [4.78, 5) is -0.310. The lowest BCUT2D eigenvalue weighted by atomic mass is 10.2. The molecule has 0 aliphatic carbocycles. The fourth-order valence-corrected chi connectivity index (χ4v) is 2.75. The van der Waals surface area contributed by atoms with E-state index in [0.717, 1.165) is 30.3 Å². The zero-order valence-corrected chi connectivity index (χ0v) is 12.1. The first-order chi connectivity index (χ1) is 10.1. The highest BCUT2D eigenvalue weighted by atomic mass is 32.2. The minimum Gasteiger partial charge on any atom is -0.280 e. The molecule has 0 saturated carbocycles. The summed E-state index contributed by atoms with van der Waals surface area (Å²) < 4.78 is 76.9. The molecule has 3 nitrogen and oxygen atoms in total. The summed E-state index contributed by atoms with van der Waals surface area (Å²) in [6.07, 6.45) is -4.50. The van der Waals surface area contributed by atoms with Crippen molar-refractivity contribution >= 4 is 15.7 Å². The molecule has 0 aromatic heterocycles. The Bertz CT molecular complexity index is 783. The van der Waals surface area contributed by atoms with Crippen LogP contribution in [0.2, 0.25) is 0 Å². The smallest absolute Gasteiger partial charge is 0.280 e. The molecule has 22 heavy (non-hydrogen) atoms. The number of alkyl halides is 3. The van der Waals surface area contributed by atoms with Crippen molar-refractivity contribution < 1.29 is 26.0 Å². The maximum Gasteiger partial charge on any atom is 0.416 e. The number of anilines is 1. The molecular weight excluding hydrogens is 322 g/mol. The molecule has 2 rings (SSSR count). The van der Waals surface area contributed by atoms with Crippen LogP contribution in [0.15, 0.2) is 47.4 Å². The van der Waals surface area contributed by atoms with Crippen LogP contribution in [0.5, 0.6) is 0 Å². The zero-order chi connectivity index (χ0) is 16.5. The maximum absolute atomic E-state index is 13.4. The number of benzene rings is 2. The highest BCUT2D eigenvalue weighted by Gasteiger charge is 2.30. The average Bonchev–Trinajstić information content (AvgIpc) is 2.41. The molecule has 2 aromatic carbocycles. The van der Waals surface area contributed by atoms with Gasteiger partial charge in [-0.1, -0.05) is 6.07 Å². The summed E-state index contributed by atoms with van der Waals surface area (Å²) in [5.74, 6) is -0.685. The Kier molecular flexibility index (Phi) is 4.15. The minimum atomic E-state index is -4.50. The van der Waals surface area contributed by atoms with Crippen LogP contribution in [0.1, 0.15) is 11.1 Å². The molecule has 0 bridgehead atoms. The van der Waals surface area contributed by atoms with Crippen molar-refractivity contribution in [3.8, 4) is 0 Å². The van der Waals surface area contributed by atoms with Crippen molar-refractivity contribution in [1.29, 1.82) is 0 Å². The van der Waals surface area contributed by atoms with E-state index in [1.165, 1.54) is 19.1 Å². The Balaban J connectivity index is 2.27. The van der Waals surface area contributed by atoms with Gasteiger partial charge in [-0.25, -0.2) is 12.8 Å². The molecule has 0 unspecified atom stereocenters. The summed E-state index contributed by atoms with van der Waals surface area (Å²) >= 11 is 0. The fraction of sp³-hybridized carbons (Fsp3) is 0.143. The summed E-state index contributed by atoms with van der Waals surface area (Å²) in [7, 11) is -4.07. The third-order valence-corrected chi connectivity index (χ3v) is 4.30. The minimum absolute atomic E-state index is 0.0472. The van der Waals surface area contributed by atoms with Crippen LogP contribution in [0.4, 0.5) is 23.2 Å². The second kappa shape index (κ2) is 5.60. The van der Waals surface area contributed by atoms with E-state index in [9.17, 15) is 26.0 Å². The molecule has 0 heterocycles. The van der Waals surface area contributed by atoms with Gasteiger partial charge in [0.1, 0.15) is 5.82 Å². The normalized spacial score (nSPS) is 12.2. The van der Waals surface area contributed by atoms with Crippen molar-refractivity contribution in [3.63, 3.8) is 0 Å². The molecule has 0 atom stereocenters. The van der Waals surface area contributed by atoms with Gasteiger partial charge in [-0.05, 0) is 48.9 Å². The summed E-state index contributed by atoms with van der Waals surface area (Å²) in [6, 6.07) is 6.86. The predicted molar refractivity (Wildman–Crippen MR) is 73.4 cm³/mol. The number of rotatable bonds is 3. The molecule has 0 saturated heterocycles. The maximum atomic E-state index is 13.4. The highest BCUT2D eigenvalue weighted by molar-refractivity contribution is 7.92. The van der Waals surface area contributed by atoms with Crippen molar-refractivity contribution in [1.82, 2.24) is 0 Å². The number of hydrogen-bond donors (Lipinski definition) is 1. The Morgan fingerprint density at radius 2 is 1.59 bits per heavy atom. The number of aryl methyl sites for hydroxylation is 1. The molecule has 0 fully saturated rings. The van der Waals surface area contributed by atoms with E-state index in [2.05, 4.69) is 4.72 Å². The van der Waals surface area contributed by atoms with E-state index in [-0.39, 0.29) is 16.1 Å². The number of nitrogens with one attached hydrogen (secondary N) is 1. The molecule has 118 valence electrons. The fourth-order valence-electron chi connectivity index (χ4n) is 1.68. The van der Waals surface area contributed by atoms with Gasteiger partial charge in [0.15, 0.2) is 0 Å². The third-order valence-electron chi connectivity index (χ3n) is 2.92. The first kappa shape index (κ1) is 16.3. The van der Waals surface area contributed by atoms with Gasteiger partial charge in [0.2, 0.25) is 0 Å². The molecule has 1 N–H and O–H groups in total. The monoisotopic (exact) mass is 333 g/mol. The van der Waals surface area contributed by atoms with Crippen LogP contribution < -0.4 is 4.72 Å². The molecular formula is C14H11F4NO2S. The van der Waals surface area contributed by atoms with Gasteiger partial charge in [0.25, 0.3) is 10.0 Å². The quantitative estimate of drug-likeness (QED) is 0.865. The van der Waals surface area contributed by atoms with Crippen molar-refractivity contribution in [2.75, 3.05) is 4.72 Å². The van der Waals surface area contributed by atoms with Gasteiger partial charge in [-0.15, -0.1) is 0 Å². The molecule has 0 aliphatic rings. The lowest BCUT2D eigenvalue weighted by Gasteiger charge is -2.10. The summed E-state index contributed by atoms with van der Waals surface area (Å²) in [5, 5.41) is 0. The van der Waals surface area contributed by atoms with Crippen LogP contribution in [-0.2, 0) is 16.2 Å². The van der Waals surface area contributed by atoms with Crippen LogP contribution in [0.3, 0.4) is 0 Å². The lowest BCUT2D eigenvalue weighted by Crippen LogP contribution is -2.13. The number of halogens is 4. The van der Waals surface area contributed by atoms with Crippen LogP contribution in [0, 0.1) is 12.7 Å². The second-order valence-corrected chi connectivity index (χ2v) is 6.27. The predicted octanol–water partition coefficient (Wildman–Crippen LogP) is 3.95. The van der Waals surface area contributed by atoms with Gasteiger partial charge < -0.3 is 0 Å². The third kappa shape index (κ3) is 3.56. The number of hydrogen-bond acceptors (Lipinski definition) is 2. The molecule has 0 radical (unpaired) electrons. The molecule has 0 aliphatic heterocycles. The molecule has 2 aromatic rings. The van der Waals surface area contributed by atoms with E-state index < -0.39 is 27.6 Å². The second-order valence-electron chi connectivity index (χ2n) is 4.59. The molecule has 0 amide bonds. The van der Waals surface area contributed by atoms with E-state index >= 15 is 0 Å². The van der Waals surface area contributed by atoms with Crippen molar-refractivity contribution in [2.45, 2.75) is 18.0 Å². The van der Waals surface area contributed by atoms with E-state index in [0.29, 0.717) is 0 Å². The molecule has 0 spiro atoms. The van der Waals surface area contributed by atoms with E-state index in [4.69, 9.17) is 0 Å². The average molecular weight is 333 g/mol. The SMILES string of the molecule is Cc1ccc(S(=O)(=O)Nc2ccc(C(F)(F)F)cc2)cc1F. The molecule has 8 heteroatoms. The van der Waals surface area contributed by atoms with Crippen molar-refractivity contribution in [3.05, 3.63) is 59.4 Å². The van der Waals surface area contributed by atoms with Gasteiger partial charge in [-0.2, -0.15) is 13.2 Å². The largest absolute Gasteiger partial charge is 0.416 e. The Hall–Kier alpha value is -2.09. The summed E-state index contributed by atoms with van der Waals surface area (Å²) in [6.45, 7) is 1.48. The standard InChI is InChI=1S/C14H11F4NO2S/c1-9-2-7-12(8-13(9)15)22(20,21)19-11-5-3-10(4-6-11)14(16,17)18/h2-8,19H,1H3. The van der Waals surface area contributed by atoms with Gasteiger partial charge >= 0.3 is 6.18 Å². The van der Waals surface area contributed by atoms with Crippen LogP contribution in [0.25, 0.3) is 0 Å². The van der Waals surface area contributed by atoms with E-state index in [1.807, 2.05) is 0 Å².